The zero-order valence-corrected chi connectivity index (χ0v) is 6.63. The van der Waals surface area contributed by atoms with Crippen LogP contribution in [0.4, 0.5) is 0 Å². The molecule has 0 aliphatic carbocycles. The fourth-order valence-corrected chi connectivity index (χ4v) is 0. The third-order valence-electron chi connectivity index (χ3n) is 0. The summed E-state index contributed by atoms with van der Waals surface area (Å²) in [6, 6.07) is 0. The van der Waals surface area contributed by atoms with E-state index in [0.717, 1.165) is 0 Å². The van der Waals surface area contributed by atoms with Crippen LogP contribution in [0.2, 0.25) is 0 Å². The van der Waals surface area contributed by atoms with Crippen LogP contribution in [0, 0.1) is 0 Å². The molecule has 0 N–H and O–H groups in total. The molecule has 0 aromatic heterocycles. The fraction of sp³-hybridized carbons (Fsp3) is 0. The van der Waals surface area contributed by atoms with Gasteiger partial charge in [0.1, 0.15) is 0 Å². The van der Waals surface area contributed by atoms with E-state index in [9.17, 15) is 0 Å². The minimum Gasteiger partial charge on any atom is 0 e. The maximum Gasteiger partial charge on any atom is 0 e. The average molecular weight is 158 g/mol. The van der Waals surface area contributed by atoms with Gasteiger partial charge in [0.2, 0.25) is 0 Å². The van der Waals surface area contributed by atoms with Gasteiger partial charge in [0, 0.05) is 71.3 Å². The number of hydrogen-bond donors (Lipinski definition) is 0. The molecule has 17 valence electrons. The minimum atomic E-state index is 0. The van der Waals surface area contributed by atoms with Gasteiger partial charge in [-0.1, -0.05) is 0 Å². The first-order chi connectivity index (χ1) is 0. The van der Waals surface area contributed by atoms with Gasteiger partial charge in [0.25, 0.3) is 0 Å². The third kappa shape index (κ3) is 8.93. The van der Waals surface area contributed by atoms with Crippen LogP contribution >= 0.6 is 0 Å². The monoisotopic (exact) mass is 158 g/mol. The molecule has 0 aliphatic heterocycles. The van der Waals surface area contributed by atoms with Crippen molar-refractivity contribution in [3.63, 3.8) is 0 Å². The van der Waals surface area contributed by atoms with Gasteiger partial charge >= 0.3 is 0 Å². The van der Waals surface area contributed by atoms with E-state index in [1.165, 1.54) is 0 Å². The molecule has 1 nitrogen and oxygen atoms in total. The largest absolute Gasteiger partial charge is 0 e. The second-order valence-electron chi connectivity index (χ2n) is 0. The molecule has 0 aliphatic rings. The van der Waals surface area contributed by atoms with Gasteiger partial charge in [-0.15, -0.1) is 0 Å². The van der Waals surface area contributed by atoms with Crippen molar-refractivity contribution < 1.29 is 65.2 Å². The molecule has 4 heteroatoms. The Morgan fingerprint density at radius 2 is 0.500 bits per heavy atom. The minimum absolute atomic E-state index is 0. The molecule has 0 saturated carbocycles. The zero-order chi connectivity index (χ0) is 0. The van der Waals surface area contributed by atoms with Crippen molar-refractivity contribution in [2.75, 3.05) is 0 Å². The average Bonchev–Trinajstić information content (AvgIpc) is 0. The molecule has 4 heavy (non-hydrogen) atoms. The van der Waals surface area contributed by atoms with Crippen molar-refractivity contribution in [1.29, 1.82) is 0 Å². The van der Waals surface area contributed by atoms with Crippen LogP contribution in [-0.4, -0.2) is 0 Å². The molecule has 0 spiro atoms. The predicted octanol–water partition coefficient (Wildman–Crippen LogP) is -0.488. The molecule has 0 atom stereocenters. The van der Waals surface area contributed by atoms with Gasteiger partial charge in [-0.25, -0.2) is 0 Å². The van der Waals surface area contributed by atoms with Crippen molar-refractivity contribution in [3.8, 4) is 0 Å². The summed E-state index contributed by atoms with van der Waals surface area (Å²) in [7, 11) is 0. The van der Waals surface area contributed by atoms with Gasteiger partial charge in [-0.05, 0) is 0 Å². The van der Waals surface area contributed by atoms with Crippen LogP contribution in [0.5, 0.6) is 0 Å². The van der Waals surface area contributed by atoms with Crippen LogP contribution < -0.4 is 6.15 Å². The summed E-state index contributed by atoms with van der Waals surface area (Å²) < 4.78 is 0. The van der Waals surface area contributed by atoms with Gasteiger partial charge < -0.3 is 0 Å². The predicted molar refractivity (Wildman–Crippen MR) is 2.13 cm³/mol. The van der Waals surface area contributed by atoms with Gasteiger partial charge in [0.15, 0.2) is 0 Å². The summed E-state index contributed by atoms with van der Waals surface area (Å²) in [6.07, 6.45) is 0. The van der Waals surface area contributed by atoms with Crippen molar-refractivity contribution in [1.82, 2.24) is 6.15 Å². The SMILES string of the molecule is [N].[Ti].[Ti].[Ti]. The second-order valence-corrected chi connectivity index (χ2v) is 0. The van der Waals surface area contributed by atoms with E-state index < -0.39 is 0 Å². The first kappa shape index (κ1) is 35.9. The Morgan fingerprint density at radius 3 is 0.500 bits per heavy atom. The number of rotatable bonds is 0. The van der Waals surface area contributed by atoms with Crippen LogP contribution in [0.3, 0.4) is 0 Å². The van der Waals surface area contributed by atoms with E-state index in [1.807, 2.05) is 0 Å². The van der Waals surface area contributed by atoms with E-state index in [4.69, 9.17) is 0 Å². The van der Waals surface area contributed by atoms with Crippen molar-refractivity contribution >= 4 is 0 Å². The van der Waals surface area contributed by atoms with Gasteiger partial charge in [-0.2, -0.15) is 0 Å². The molecular weight excluding hydrogens is 158 g/mol. The molecule has 0 heterocycles. The molecule has 3 radical (unpaired) electrons. The van der Waals surface area contributed by atoms with Gasteiger partial charge in [0.05, 0.1) is 0 Å². The van der Waals surface area contributed by atoms with Crippen LogP contribution in [0.1, 0.15) is 0 Å². The first-order valence-electron chi connectivity index (χ1n) is 0. The summed E-state index contributed by atoms with van der Waals surface area (Å²) in [5, 5.41) is 0. The molecular formula is NTi3. The topological polar surface area (TPSA) is 30.5 Å². The Kier molecular flexibility index (Phi) is 175. The van der Waals surface area contributed by atoms with Crippen molar-refractivity contribution in [3.05, 3.63) is 0 Å². The molecule has 0 amide bonds. The summed E-state index contributed by atoms with van der Waals surface area (Å²) in [6.45, 7) is 0. The maximum absolute atomic E-state index is 0. The van der Waals surface area contributed by atoms with E-state index in [1.54, 1.807) is 0 Å². The van der Waals surface area contributed by atoms with Crippen molar-refractivity contribution in [2.45, 2.75) is 0 Å². The molecule has 0 unspecified atom stereocenters. The fourth-order valence-electron chi connectivity index (χ4n) is 0. The summed E-state index contributed by atoms with van der Waals surface area (Å²) in [5.41, 5.74) is 0. The number of hydrogen-bond acceptors (Lipinski definition) is 0. The van der Waals surface area contributed by atoms with E-state index in [-0.39, 0.29) is 71.3 Å². The Balaban J connectivity index is 0. The van der Waals surface area contributed by atoms with E-state index in [0.29, 0.717) is 0 Å². The molecule has 0 rings (SSSR count). The van der Waals surface area contributed by atoms with Gasteiger partial charge in [-0.3, -0.25) is 0 Å². The van der Waals surface area contributed by atoms with Crippen molar-refractivity contribution in [2.24, 2.45) is 0 Å². The standard InChI is InChI=1S/N.3Ti. The summed E-state index contributed by atoms with van der Waals surface area (Å²) in [4.78, 5) is 0. The second kappa shape index (κ2) is 19.4. The third-order valence-corrected chi connectivity index (χ3v) is 0. The van der Waals surface area contributed by atoms with Crippen LogP contribution in [0.25, 0.3) is 0 Å². The molecule has 0 fully saturated rings. The maximum atomic E-state index is 0. The summed E-state index contributed by atoms with van der Waals surface area (Å²) in [5.74, 6) is 0. The zero-order valence-electron chi connectivity index (χ0n) is 1.95. The summed E-state index contributed by atoms with van der Waals surface area (Å²) >= 11 is 0. The smallest absolute Gasteiger partial charge is 0 e. The van der Waals surface area contributed by atoms with E-state index >= 15 is 0 Å². The molecule has 0 aromatic rings. The van der Waals surface area contributed by atoms with Crippen LogP contribution in [0.15, 0.2) is 0 Å². The normalized spacial score (nSPS) is 0. The molecule has 0 bridgehead atoms. The quantitative estimate of drug-likeness (QED) is 0.425. The molecule has 0 saturated heterocycles. The van der Waals surface area contributed by atoms with E-state index in [2.05, 4.69) is 0 Å². The molecule has 0 aromatic carbocycles. The Hall–Kier alpha value is 2.10. The Labute approximate surface area is 70.5 Å². The first-order valence-corrected chi connectivity index (χ1v) is 0. The number of nitrogens with zero attached hydrogens (tertiary/aromatic N) is 1. The Morgan fingerprint density at radius 1 is 0.500 bits per heavy atom. The van der Waals surface area contributed by atoms with Crippen LogP contribution in [-0.2, 0) is 65.2 Å². The Bertz CT molecular complexity index is 3.25.